The summed E-state index contributed by atoms with van der Waals surface area (Å²) in [4.78, 5) is 25.0. The summed E-state index contributed by atoms with van der Waals surface area (Å²) >= 11 is 2.32. The lowest BCUT2D eigenvalue weighted by Crippen LogP contribution is -2.29. The maximum Gasteiger partial charge on any atom is 0.186 e. The van der Waals surface area contributed by atoms with Crippen LogP contribution in [-0.4, -0.2) is 15.0 Å². The topological polar surface area (TPSA) is 34.1 Å². The fourth-order valence-electron chi connectivity index (χ4n) is 2.91. The molecule has 0 N–H and O–H groups in total. The number of halogens is 1. The molecular formula is C21H25IO2. The summed E-state index contributed by atoms with van der Waals surface area (Å²) < 4.78 is -0.257. The first-order valence-electron chi connectivity index (χ1n) is 8.16. The minimum absolute atomic E-state index is 0.0877. The number of Topliss-reactive ketones (excluding diaryl/α,β-unsaturated/α-hetero) is 2. The van der Waals surface area contributed by atoms with E-state index in [2.05, 4.69) is 57.2 Å². The van der Waals surface area contributed by atoms with E-state index in [1.807, 2.05) is 38.2 Å². The first-order chi connectivity index (χ1) is 10.8. The standard InChI is InChI=1S/C21H25IO2/c1-12-8-14(9-13(2)18(12)23)15-10-16(20(3,4)5)19(24)17(11-15)21(6,7)22/h8-11H,1-7H3. The zero-order valence-electron chi connectivity index (χ0n) is 15.5. The summed E-state index contributed by atoms with van der Waals surface area (Å²) in [5.74, 6) is 0.212. The van der Waals surface area contributed by atoms with Crippen LogP contribution in [0.25, 0.3) is 0 Å². The van der Waals surface area contributed by atoms with Gasteiger partial charge in [-0.1, -0.05) is 43.4 Å². The molecule has 0 heterocycles. The highest BCUT2D eigenvalue weighted by Gasteiger charge is 2.35. The average molecular weight is 436 g/mol. The Kier molecular flexibility index (Phi) is 4.97. The molecule has 0 aromatic rings. The van der Waals surface area contributed by atoms with E-state index in [1.54, 1.807) is 0 Å². The quantitative estimate of drug-likeness (QED) is 0.405. The van der Waals surface area contributed by atoms with Crippen LogP contribution in [0.4, 0.5) is 0 Å². The summed E-state index contributed by atoms with van der Waals surface area (Å²) in [6, 6.07) is 0. The minimum atomic E-state index is -0.257. The Morgan fingerprint density at radius 1 is 0.708 bits per heavy atom. The van der Waals surface area contributed by atoms with E-state index in [9.17, 15) is 9.59 Å². The van der Waals surface area contributed by atoms with Crippen molar-refractivity contribution in [2.75, 3.05) is 0 Å². The molecule has 0 saturated heterocycles. The summed E-state index contributed by atoms with van der Waals surface area (Å²) in [7, 11) is 0. The molecular weight excluding hydrogens is 411 g/mol. The van der Waals surface area contributed by atoms with Gasteiger partial charge in [0.1, 0.15) is 0 Å². The van der Waals surface area contributed by atoms with Crippen molar-refractivity contribution >= 4 is 34.2 Å². The van der Waals surface area contributed by atoms with Crippen molar-refractivity contribution in [2.24, 2.45) is 5.41 Å². The lowest BCUT2D eigenvalue weighted by atomic mass is 9.75. The van der Waals surface area contributed by atoms with Gasteiger partial charge in [-0.3, -0.25) is 9.59 Å². The molecule has 2 nitrogen and oxygen atoms in total. The van der Waals surface area contributed by atoms with Crippen molar-refractivity contribution in [3.63, 3.8) is 0 Å². The molecule has 0 radical (unpaired) electrons. The fourth-order valence-corrected chi connectivity index (χ4v) is 3.31. The Morgan fingerprint density at radius 3 is 1.54 bits per heavy atom. The normalized spacial score (nSPS) is 19.8. The third-order valence-corrected chi connectivity index (χ3v) is 4.91. The predicted octanol–water partition coefficient (Wildman–Crippen LogP) is 5.45. The lowest BCUT2D eigenvalue weighted by molar-refractivity contribution is -0.113. The Bertz CT molecular complexity index is 710. The van der Waals surface area contributed by atoms with Crippen LogP contribution >= 0.6 is 22.6 Å². The van der Waals surface area contributed by atoms with Crippen molar-refractivity contribution in [1.82, 2.24) is 0 Å². The predicted molar refractivity (Wildman–Crippen MR) is 108 cm³/mol. The molecule has 24 heavy (non-hydrogen) atoms. The molecule has 2 aliphatic carbocycles. The average Bonchev–Trinajstić information content (AvgIpc) is 2.41. The summed E-state index contributed by atoms with van der Waals surface area (Å²) in [6.45, 7) is 14.0. The molecule has 0 fully saturated rings. The maximum absolute atomic E-state index is 13.0. The summed E-state index contributed by atoms with van der Waals surface area (Å²) in [5.41, 5.74) is 4.88. The van der Waals surface area contributed by atoms with Crippen LogP contribution < -0.4 is 0 Å². The van der Waals surface area contributed by atoms with Crippen LogP contribution in [0.3, 0.4) is 0 Å². The molecule has 0 amide bonds. The van der Waals surface area contributed by atoms with Crippen LogP contribution in [0.15, 0.2) is 57.7 Å². The Balaban J connectivity index is 2.74. The van der Waals surface area contributed by atoms with Gasteiger partial charge < -0.3 is 0 Å². The van der Waals surface area contributed by atoms with E-state index in [0.29, 0.717) is 0 Å². The zero-order chi connectivity index (χ0) is 18.4. The third kappa shape index (κ3) is 3.71. The van der Waals surface area contributed by atoms with Gasteiger partial charge in [-0.2, -0.15) is 0 Å². The van der Waals surface area contributed by atoms with Crippen molar-refractivity contribution in [3.05, 3.63) is 57.7 Å². The van der Waals surface area contributed by atoms with E-state index in [0.717, 1.165) is 33.4 Å². The second-order valence-electron chi connectivity index (χ2n) is 8.06. The number of carbonyl (C=O) groups excluding carboxylic acids is 2. The molecule has 0 spiro atoms. The first kappa shape index (κ1) is 19.1. The number of ketones is 2. The van der Waals surface area contributed by atoms with Gasteiger partial charge in [0.2, 0.25) is 0 Å². The van der Waals surface area contributed by atoms with Gasteiger partial charge in [0.05, 0.1) is 0 Å². The lowest BCUT2D eigenvalue weighted by Gasteiger charge is -2.31. The van der Waals surface area contributed by atoms with Crippen molar-refractivity contribution in [2.45, 2.75) is 51.9 Å². The number of alkyl halides is 1. The van der Waals surface area contributed by atoms with Gasteiger partial charge in [-0.05, 0) is 79.7 Å². The van der Waals surface area contributed by atoms with Crippen molar-refractivity contribution in [3.8, 4) is 0 Å². The van der Waals surface area contributed by atoms with E-state index in [-0.39, 0.29) is 20.4 Å². The van der Waals surface area contributed by atoms with Gasteiger partial charge in [0.15, 0.2) is 11.6 Å². The molecule has 3 heteroatoms. The Labute approximate surface area is 158 Å². The molecule has 0 saturated carbocycles. The number of rotatable bonds is 1. The van der Waals surface area contributed by atoms with Crippen molar-refractivity contribution in [1.29, 1.82) is 0 Å². The molecule has 2 rings (SSSR count). The van der Waals surface area contributed by atoms with Gasteiger partial charge in [0, 0.05) is 14.6 Å². The van der Waals surface area contributed by atoms with Crippen LogP contribution in [0.1, 0.15) is 48.5 Å². The monoisotopic (exact) mass is 436 g/mol. The number of carbonyl (C=O) groups is 2. The third-order valence-electron chi connectivity index (χ3n) is 4.33. The molecule has 0 aromatic heterocycles. The molecule has 0 atom stereocenters. The van der Waals surface area contributed by atoms with E-state index >= 15 is 0 Å². The fraction of sp³-hybridized carbons (Fsp3) is 0.429. The van der Waals surface area contributed by atoms with Crippen LogP contribution in [0.2, 0.25) is 0 Å². The number of hydrogen-bond donors (Lipinski definition) is 0. The molecule has 2 aliphatic rings. The highest BCUT2D eigenvalue weighted by molar-refractivity contribution is 14.1. The van der Waals surface area contributed by atoms with Crippen LogP contribution in [0, 0.1) is 5.41 Å². The largest absolute Gasteiger partial charge is 0.289 e. The van der Waals surface area contributed by atoms with Crippen LogP contribution in [0.5, 0.6) is 0 Å². The number of allylic oxidation sites excluding steroid dienone is 10. The maximum atomic E-state index is 13.0. The Hall–Kier alpha value is -1.23. The zero-order valence-corrected chi connectivity index (χ0v) is 17.7. The second-order valence-corrected chi connectivity index (χ2v) is 10.8. The van der Waals surface area contributed by atoms with Crippen LogP contribution in [-0.2, 0) is 9.59 Å². The summed E-state index contributed by atoms with van der Waals surface area (Å²) in [6.07, 6.45) is 7.83. The molecule has 0 unspecified atom stereocenters. The van der Waals surface area contributed by atoms with Gasteiger partial charge in [0.25, 0.3) is 0 Å². The SMILES string of the molecule is CC1=CC(=C2C=C(C(C)(C)C)C(=O)C(C(C)(C)I)=C2)C=C(C)C1=O. The highest BCUT2D eigenvalue weighted by atomic mass is 127. The Morgan fingerprint density at radius 2 is 1.12 bits per heavy atom. The molecule has 0 bridgehead atoms. The van der Waals surface area contributed by atoms with E-state index in [4.69, 9.17) is 0 Å². The van der Waals surface area contributed by atoms with Gasteiger partial charge in [-0.15, -0.1) is 0 Å². The summed E-state index contributed by atoms with van der Waals surface area (Å²) in [5, 5.41) is 0. The second kappa shape index (κ2) is 6.25. The first-order valence-corrected chi connectivity index (χ1v) is 9.24. The van der Waals surface area contributed by atoms with E-state index in [1.165, 1.54) is 0 Å². The molecule has 128 valence electrons. The molecule has 0 aliphatic heterocycles. The number of hydrogen-bond acceptors (Lipinski definition) is 2. The van der Waals surface area contributed by atoms with E-state index < -0.39 is 0 Å². The highest BCUT2D eigenvalue weighted by Crippen LogP contribution is 2.40. The molecule has 0 aromatic carbocycles. The van der Waals surface area contributed by atoms with Crippen molar-refractivity contribution < 1.29 is 9.59 Å². The smallest absolute Gasteiger partial charge is 0.186 e. The minimum Gasteiger partial charge on any atom is -0.289 e. The van der Waals surface area contributed by atoms with Gasteiger partial charge >= 0.3 is 0 Å². The van der Waals surface area contributed by atoms with Gasteiger partial charge in [-0.25, -0.2) is 0 Å².